The lowest BCUT2D eigenvalue weighted by Gasteiger charge is -2.14. The van der Waals surface area contributed by atoms with Crippen LogP contribution in [0.15, 0.2) is 24.3 Å². The smallest absolute Gasteiger partial charge is 0.0474 e. The average Bonchev–Trinajstić information content (AvgIpc) is 2.36. The van der Waals surface area contributed by atoms with Crippen molar-refractivity contribution in [3.63, 3.8) is 0 Å². The third-order valence-electron chi connectivity index (χ3n) is 2.99. The molecule has 1 aromatic rings. The third kappa shape index (κ3) is 5.33. The van der Waals surface area contributed by atoms with Crippen molar-refractivity contribution >= 4 is 0 Å². The topological polar surface area (TPSA) is 21.3 Å². The van der Waals surface area contributed by atoms with Gasteiger partial charge in [-0.2, -0.15) is 0 Å². The minimum Gasteiger partial charge on any atom is -0.385 e. The standard InChI is InChI=1S/C15H25NO/c1-4-6-14-7-9-15(10-8-14)13(2)16-11-5-12-17-3/h7-10,13,16H,4-6,11-12H2,1-3H3. The molecule has 0 heterocycles. The van der Waals surface area contributed by atoms with Crippen LogP contribution in [0.5, 0.6) is 0 Å². The highest BCUT2D eigenvalue weighted by Gasteiger charge is 2.03. The lowest BCUT2D eigenvalue weighted by molar-refractivity contribution is 0.193. The van der Waals surface area contributed by atoms with Crippen LogP contribution in [0.2, 0.25) is 0 Å². The Balaban J connectivity index is 2.37. The number of nitrogens with one attached hydrogen (secondary N) is 1. The maximum absolute atomic E-state index is 5.03. The zero-order valence-electron chi connectivity index (χ0n) is 11.3. The fourth-order valence-electron chi connectivity index (χ4n) is 1.91. The maximum atomic E-state index is 5.03. The second-order valence-electron chi connectivity index (χ2n) is 4.51. The van der Waals surface area contributed by atoms with Gasteiger partial charge in [-0.15, -0.1) is 0 Å². The van der Waals surface area contributed by atoms with Gasteiger partial charge in [0.1, 0.15) is 0 Å². The minimum absolute atomic E-state index is 0.419. The summed E-state index contributed by atoms with van der Waals surface area (Å²) in [6.45, 7) is 6.26. The number of ether oxygens (including phenoxy) is 1. The molecule has 1 N–H and O–H groups in total. The Labute approximate surface area is 105 Å². The van der Waals surface area contributed by atoms with Gasteiger partial charge in [0.2, 0.25) is 0 Å². The molecule has 1 rings (SSSR count). The first-order valence-corrected chi connectivity index (χ1v) is 6.59. The molecule has 17 heavy (non-hydrogen) atoms. The van der Waals surface area contributed by atoms with Crippen molar-refractivity contribution in [2.45, 2.75) is 39.2 Å². The number of rotatable bonds is 8. The second kappa shape index (κ2) is 8.26. The molecule has 1 atom stereocenters. The molecule has 1 aromatic carbocycles. The van der Waals surface area contributed by atoms with E-state index in [1.165, 1.54) is 24.0 Å². The van der Waals surface area contributed by atoms with Crippen LogP contribution < -0.4 is 5.32 Å². The summed E-state index contributed by atoms with van der Waals surface area (Å²) in [6, 6.07) is 9.37. The summed E-state index contributed by atoms with van der Waals surface area (Å²) in [5.41, 5.74) is 2.80. The quantitative estimate of drug-likeness (QED) is 0.698. The predicted octanol–water partition coefficient (Wildman–Crippen LogP) is 3.33. The van der Waals surface area contributed by atoms with E-state index in [0.717, 1.165) is 19.6 Å². The molecular formula is C15H25NO. The van der Waals surface area contributed by atoms with E-state index < -0.39 is 0 Å². The first-order chi connectivity index (χ1) is 8.27. The predicted molar refractivity (Wildman–Crippen MR) is 73.3 cm³/mol. The first-order valence-electron chi connectivity index (χ1n) is 6.59. The van der Waals surface area contributed by atoms with Gasteiger partial charge >= 0.3 is 0 Å². The zero-order valence-corrected chi connectivity index (χ0v) is 11.3. The molecule has 2 nitrogen and oxygen atoms in total. The van der Waals surface area contributed by atoms with E-state index in [0.29, 0.717) is 6.04 Å². The highest BCUT2D eigenvalue weighted by atomic mass is 16.5. The van der Waals surface area contributed by atoms with Gasteiger partial charge < -0.3 is 10.1 Å². The van der Waals surface area contributed by atoms with E-state index in [1.807, 2.05) is 0 Å². The largest absolute Gasteiger partial charge is 0.385 e. The molecule has 1 unspecified atom stereocenters. The van der Waals surface area contributed by atoms with Crippen LogP contribution in [-0.4, -0.2) is 20.3 Å². The van der Waals surface area contributed by atoms with Crippen molar-refractivity contribution < 1.29 is 4.74 Å². The van der Waals surface area contributed by atoms with Gasteiger partial charge in [-0.3, -0.25) is 0 Å². The van der Waals surface area contributed by atoms with E-state index in [9.17, 15) is 0 Å². The molecule has 0 aliphatic heterocycles. The zero-order chi connectivity index (χ0) is 12.5. The highest BCUT2D eigenvalue weighted by Crippen LogP contribution is 2.14. The summed E-state index contributed by atoms with van der Waals surface area (Å²) in [7, 11) is 1.75. The van der Waals surface area contributed by atoms with Crippen LogP contribution in [-0.2, 0) is 11.2 Å². The molecule has 0 aliphatic carbocycles. The lowest BCUT2D eigenvalue weighted by Crippen LogP contribution is -2.20. The average molecular weight is 235 g/mol. The van der Waals surface area contributed by atoms with Crippen LogP contribution >= 0.6 is 0 Å². The number of benzene rings is 1. The number of hydrogen-bond acceptors (Lipinski definition) is 2. The normalized spacial score (nSPS) is 12.6. The van der Waals surface area contributed by atoms with E-state index in [1.54, 1.807) is 7.11 Å². The second-order valence-corrected chi connectivity index (χ2v) is 4.51. The molecule has 0 fully saturated rings. The molecule has 0 saturated carbocycles. The first kappa shape index (κ1) is 14.2. The van der Waals surface area contributed by atoms with Gasteiger partial charge in [0.15, 0.2) is 0 Å². The molecule has 2 heteroatoms. The van der Waals surface area contributed by atoms with Crippen LogP contribution in [0, 0.1) is 0 Å². The van der Waals surface area contributed by atoms with E-state index in [4.69, 9.17) is 4.74 Å². The molecule has 0 bridgehead atoms. The Morgan fingerprint density at radius 3 is 2.53 bits per heavy atom. The number of methoxy groups -OCH3 is 1. The molecule has 0 spiro atoms. The maximum Gasteiger partial charge on any atom is 0.0474 e. The van der Waals surface area contributed by atoms with Gasteiger partial charge in [-0.05, 0) is 37.4 Å². The summed E-state index contributed by atoms with van der Waals surface area (Å²) in [6.07, 6.45) is 3.45. The molecule has 0 aliphatic rings. The molecule has 0 saturated heterocycles. The van der Waals surface area contributed by atoms with E-state index >= 15 is 0 Å². The fourth-order valence-corrected chi connectivity index (χ4v) is 1.91. The molecule has 96 valence electrons. The Bertz CT molecular complexity index is 294. The summed E-state index contributed by atoms with van der Waals surface area (Å²) in [4.78, 5) is 0. The Morgan fingerprint density at radius 1 is 1.24 bits per heavy atom. The van der Waals surface area contributed by atoms with Gasteiger partial charge in [-0.1, -0.05) is 37.6 Å². The minimum atomic E-state index is 0.419. The Morgan fingerprint density at radius 2 is 1.94 bits per heavy atom. The summed E-state index contributed by atoms with van der Waals surface area (Å²) in [5, 5.41) is 3.51. The Kier molecular flexibility index (Phi) is 6.90. The summed E-state index contributed by atoms with van der Waals surface area (Å²) >= 11 is 0. The van der Waals surface area contributed by atoms with E-state index in [2.05, 4.69) is 43.4 Å². The number of aryl methyl sites for hydroxylation is 1. The van der Waals surface area contributed by atoms with Crippen molar-refractivity contribution in [2.75, 3.05) is 20.3 Å². The lowest BCUT2D eigenvalue weighted by atomic mass is 10.0. The van der Waals surface area contributed by atoms with Gasteiger partial charge in [0, 0.05) is 19.8 Å². The van der Waals surface area contributed by atoms with Crippen molar-refractivity contribution in [3.05, 3.63) is 35.4 Å². The van der Waals surface area contributed by atoms with E-state index in [-0.39, 0.29) is 0 Å². The van der Waals surface area contributed by atoms with Crippen molar-refractivity contribution in [3.8, 4) is 0 Å². The molecule has 0 radical (unpaired) electrons. The number of hydrogen-bond donors (Lipinski definition) is 1. The molecule has 0 aromatic heterocycles. The Hall–Kier alpha value is -0.860. The monoisotopic (exact) mass is 235 g/mol. The van der Waals surface area contributed by atoms with Crippen LogP contribution in [0.25, 0.3) is 0 Å². The van der Waals surface area contributed by atoms with Gasteiger partial charge in [0.25, 0.3) is 0 Å². The van der Waals surface area contributed by atoms with Gasteiger partial charge in [0.05, 0.1) is 0 Å². The summed E-state index contributed by atoms with van der Waals surface area (Å²) < 4.78 is 5.03. The summed E-state index contributed by atoms with van der Waals surface area (Å²) in [5.74, 6) is 0. The fraction of sp³-hybridized carbons (Fsp3) is 0.600. The van der Waals surface area contributed by atoms with Crippen LogP contribution in [0.4, 0.5) is 0 Å². The SMILES string of the molecule is CCCc1ccc(C(C)NCCCOC)cc1. The van der Waals surface area contributed by atoms with Crippen molar-refractivity contribution in [1.29, 1.82) is 0 Å². The molecular weight excluding hydrogens is 210 g/mol. The highest BCUT2D eigenvalue weighted by molar-refractivity contribution is 5.24. The molecule has 0 amide bonds. The van der Waals surface area contributed by atoms with Crippen LogP contribution in [0.3, 0.4) is 0 Å². The van der Waals surface area contributed by atoms with Crippen molar-refractivity contribution in [1.82, 2.24) is 5.32 Å². The van der Waals surface area contributed by atoms with Crippen molar-refractivity contribution in [2.24, 2.45) is 0 Å². The van der Waals surface area contributed by atoms with Crippen LogP contribution in [0.1, 0.15) is 43.9 Å². The van der Waals surface area contributed by atoms with Gasteiger partial charge in [-0.25, -0.2) is 0 Å². The third-order valence-corrected chi connectivity index (χ3v) is 2.99.